The van der Waals surface area contributed by atoms with Gasteiger partial charge >= 0.3 is 5.97 Å². The van der Waals surface area contributed by atoms with Gasteiger partial charge in [-0.2, -0.15) is 0 Å². The van der Waals surface area contributed by atoms with Gasteiger partial charge in [-0.05, 0) is 44.6 Å². The Balaban J connectivity index is 3.22. The SMILES string of the molecule is CNC(C(=O)O)C(NC)c1cc(C)c(OC)c(C)c1. The average Bonchev–Trinajstić information content (AvgIpc) is 2.34. The van der Waals surface area contributed by atoms with E-state index in [0.29, 0.717) is 0 Å². The Morgan fingerprint density at radius 2 is 1.74 bits per heavy atom. The first-order valence-electron chi connectivity index (χ1n) is 6.18. The van der Waals surface area contributed by atoms with E-state index in [1.165, 1.54) is 0 Å². The minimum absolute atomic E-state index is 0.300. The number of methoxy groups -OCH3 is 1. The van der Waals surface area contributed by atoms with Gasteiger partial charge in [-0.3, -0.25) is 4.79 Å². The highest BCUT2D eigenvalue weighted by molar-refractivity contribution is 5.75. The second kappa shape index (κ2) is 6.54. The molecule has 3 N–H and O–H groups in total. The summed E-state index contributed by atoms with van der Waals surface area (Å²) in [5.41, 5.74) is 2.93. The summed E-state index contributed by atoms with van der Waals surface area (Å²) in [6, 6.07) is 2.93. The molecule has 1 rings (SSSR count). The molecule has 0 saturated heterocycles. The third-order valence-electron chi connectivity index (χ3n) is 3.27. The fourth-order valence-corrected chi connectivity index (χ4v) is 2.44. The molecule has 0 spiro atoms. The standard InChI is InChI=1S/C14H22N2O3/c1-8-6-10(7-9(2)13(8)19-5)11(15-3)12(16-4)14(17)18/h6-7,11-12,15-16H,1-5H3,(H,17,18). The summed E-state index contributed by atoms with van der Waals surface area (Å²) in [7, 11) is 5.04. The molecule has 5 heteroatoms. The zero-order valence-electron chi connectivity index (χ0n) is 12.1. The van der Waals surface area contributed by atoms with Crippen LogP contribution in [0.3, 0.4) is 0 Å². The van der Waals surface area contributed by atoms with Crippen LogP contribution in [0.4, 0.5) is 0 Å². The van der Waals surface area contributed by atoms with Crippen LogP contribution in [-0.4, -0.2) is 38.3 Å². The first-order chi connectivity index (χ1) is 8.96. The van der Waals surface area contributed by atoms with Gasteiger partial charge in [0.25, 0.3) is 0 Å². The molecule has 0 amide bonds. The summed E-state index contributed by atoms with van der Waals surface area (Å²) in [4.78, 5) is 11.3. The van der Waals surface area contributed by atoms with Crippen molar-refractivity contribution in [2.75, 3.05) is 21.2 Å². The van der Waals surface area contributed by atoms with E-state index < -0.39 is 12.0 Å². The molecule has 0 radical (unpaired) electrons. The fourth-order valence-electron chi connectivity index (χ4n) is 2.44. The molecular formula is C14H22N2O3. The smallest absolute Gasteiger partial charge is 0.322 e. The van der Waals surface area contributed by atoms with Gasteiger partial charge in [-0.1, -0.05) is 12.1 Å². The summed E-state index contributed by atoms with van der Waals surface area (Å²) < 4.78 is 5.33. The van der Waals surface area contributed by atoms with Gasteiger partial charge in [0.15, 0.2) is 0 Å². The second-order valence-electron chi connectivity index (χ2n) is 4.56. The van der Waals surface area contributed by atoms with Crippen LogP contribution in [0.25, 0.3) is 0 Å². The van der Waals surface area contributed by atoms with Crippen molar-refractivity contribution >= 4 is 5.97 Å². The maximum atomic E-state index is 11.3. The van der Waals surface area contributed by atoms with Gasteiger partial charge in [-0.25, -0.2) is 0 Å². The minimum Gasteiger partial charge on any atom is -0.496 e. The maximum absolute atomic E-state index is 11.3. The van der Waals surface area contributed by atoms with E-state index in [1.807, 2.05) is 26.0 Å². The zero-order valence-corrected chi connectivity index (χ0v) is 12.1. The molecule has 0 aliphatic heterocycles. The molecule has 1 aromatic rings. The number of nitrogens with one attached hydrogen (secondary N) is 2. The highest BCUT2D eigenvalue weighted by Gasteiger charge is 2.27. The number of aryl methyl sites for hydroxylation is 2. The van der Waals surface area contributed by atoms with E-state index in [0.717, 1.165) is 22.4 Å². The van der Waals surface area contributed by atoms with Gasteiger partial charge < -0.3 is 20.5 Å². The zero-order chi connectivity index (χ0) is 14.6. The Labute approximate surface area is 114 Å². The van der Waals surface area contributed by atoms with Crippen LogP contribution in [0.1, 0.15) is 22.7 Å². The fraction of sp³-hybridized carbons (Fsp3) is 0.500. The molecule has 0 aliphatic carbocycles. The highest BCUT2D eigenvalue weighted by Crippen LogP contribution is 2.28. The molecule has 2 atom stereocenters. The van der Waals surface area contributed by atoms with Crippen LogP contribution in [0.5, 0.6) is 5.75 Å². The predicted octanol–water partition coefficient (Wildman–Crippen LogP) is 1.25. The maximum Gasteiger partial charge on any atom is 0.322 e. The van der Waals surface area contributed by atoms with Gasteiger partial charge in [0.2, 0.25) is 0 Å². The largest absolute Gasteiger partial charge is 0.496 e. The molecule has 0 saturated carbocycles. The number of carboxylic acid groups (broad SMARTS) is 1. The predicted molar refractivity (Wildman–Crippen MR) is 74.8 cm³/mol. The van der Waals surface area contributed by atoms with Crippen molar-refractivity contribution in [3.8, 4) is 5.75 Å². The highest BCUT2D eigenvalue weighted by atomic mass is 16.5. The Morgan fingerprint density at radius 3 is 2.05 bits per heavy atom. The van der Waals surface area contributed by atoms with Crippen molar-refractivity contribution in [2.45, 2.75) is 25.9 Å². The number of aliphatic carboxylic acids is 1. The number of benzene rings is 1. The molecule has 1 aromatic carbocycles. The van der Waals surface area contributed by atoms with Crippen LogP contribution in [-0.2, 0) is 4.79 Å². The quantitative estimate of drug-likeness (QED) is 0.723. The minimum atomic E-state index is -0.882. The normalized spacial score (nSPS) is 13.9. The molecule has 0 fully saturated rings. The average molecular weight is 266 g/mol. The first kappa shape index (κ1) is 15.5. The van der Waals surface area contributed by atoms with Crippen molar-refractivity contribution in [2.24, 2.45) is 0 Å². The molecule has 0 aliphatic rings. The van der Waals surface area contributed by atoms with Crippen LogP contribution < -0.4 is 15.4 Å². The summed E-state index contributed by atoms with van der Waals surface area (Å²) in [5, 5.41) is 15.1. The number of rotatable bonds is 6. The lowest BCUT2D eigenvalue weighted by atomic mass is 9.95. The molecule has 0 aromatic heterocycles. The third-order valence-corrected chi connectivity index (χ3v) is 3.27. The van der Waals surface area contributed by atoms with E-state index in [2.05, 4.69) is 10.6 Å². The van der Waals surface area contributed by atoms with Crippen LogP contribution in [0.2, 0.25) is 0 Å². The van der Waals surface area contributed by atoms with E-state index in [9.17, 15) is 9.90 Å². The van der Waals surface area contributed by atoms with Gasteiger partial charge in [0.1, 0.15) is 11.8 Å². The van der Waals surface area contributed by atoms with Crippen LogP contribution in [0, 0.1) is 13.8 Å². The lowest BCUT2D eigenvalue weighted by Crippen LogP contribution is -2.44. The van der Waals surface area contributed by atoms with Crippen molar-refractivity contribution in [1.82, 2.24) is 10.6 Å². The van der Waals surface area contributed by atoms with E-state index in [-0.39, 0.29) is 6.04 Å². The number of hydrogen-bond acceptors (Lipinski definition) is 4. The van der Waals surface area contributed by atoms with Crippen LogP contribution >= 0.6 is 0 Å². The Bertz CT molecular complexity index is 437. The lowest BCUT2D eigenvalue weighted by Gasteiger charge is -2.25. The summed E-state index contributed by atoms with van der Waals surface area (Å²) >= 11 is 0. The van der Waals surface area contributed by atoms with Gasteiger partial charge in [-0.15, -0.1) is 0 Å². The van der Waals surface area contributed by atoms with E-state index in [4.69, 9.17) is 4.74 Å². The summed E-state index contributed by atoms with van der Waals surface area (Å²) in [6.45, 7) is 3.91. The number of carboxylic acids is 1. The second-order valence-corrected chi connectivity index (χ2v) is 4.56. The molecule has 5 nitrogen and oxygen atoms in total. The van der Waals surface area contributed by atoms with Gasteiger partial charge in [0, 0.05) is 0 Å². The van der Waals surface area contributed by atoms with Crippen LogP contribution in [0.15, 0.2) is 12.1 Å². The Hall–Kier alpha value is -1.59. The molecule has 0 bridgehead atoms. The van der Waals surface area contributed by atoms with E-state index >= 15 is 0 Å². The first-order valence-corrected chi connectivity index (χ1v) is 6.18. The van der Waals surface area contributed by atoms with E-state index in [1.54, 1.807) is 21.2 Å². The van der Waals surface area contributed by atoms with Crippen molar-refractivity contribution in [3.63, 3.8) is 0 Å². The third kappa shape index (κ3) is 3.24. The molecule has 19 heavy (non-hydrogen) atoms. The molecule has 106 valence electrons. The number of likely N-dealkylation sites (N-methyl/N-ethyl adjacent to an activating group) is 2. The molecular weight excluding hydrogens is 244 g/mol. The van der Waals surface area contributed by atoms with Gasteiger partial charge in [0.05, 0.1) is 13.2 Å². The molecule has 2 unspecified atom stereocenters. The number of hydrogen-bond donors (Lipinski definition) is 3. The number of ether oxygens (including phenoxy) is 1. The topological polar surface area (TPSA) is 70.6 Å². The summed E-state index contributed by atoms with van der Waals surface area (Å²) in [6.07, 6.45) is 0. The monoisotopic (exact) mass is 266 g/mol. The van der Waals surface area contributed by atoms with Crippen molar-refractivity contribution in [3.05, 3.63) is 28.8 Å². The number of carbonyl (C=O) groups is 1. The Morgan fingerprint density at radius 1 is 1.21 bits per heavy atom. The summed E-state index contributed by atoms with van der Waals surface area (Å²) in [5.74, 6) is -0.0390. The van der Waals surface area contributed by atoms with Crippen molar-refractivity contribution in [1.29, 1.82) is 0 Å². The lowest BCUT2D eigenvalue weighted by molar-refractivity contribution is -0.140. The molecule has 0 heterocycles. The Kier molecular flexibility index (Phi) is 5.32. The van der Waals surface area contributed by atoms with Crippen molar-refractivity contribution < 1.29 is 14.6 Å².